The fourth-order valence-corrected chi connectivity index (χ4v) is 3.47. The van der Waals surface area contributed by atoms with E-state index in [1.807, 2.05) is 24.0 Å². The molecule has 0 spiro atoms. The van der Waals surface area contributed by atoms with Crippen LogP contribution in [0.1, 0.15) is 22.8 Å². The minimum Gasteiger partial charge on any atom is -0.496 e. The predicted molar refractivity (Wildman–Crippen MR) is 92.1 cm³/mol. The molecule has 0 radical (unpaired) electrons. The van der Waals surface area contributed by atoms with Gasteiger partial charge in [-0.05, 0) is 55.3 Å². The van der Waals surface area contributed by atoms with Gasteiger partial charge in [-0.3, -0.25) is 4.79 Å². The Morgan fingerprint density at radius 2 is 2.09 bits per heavy atom. The number of anilines is 1. The highest BCUT2D eigenvalue weighted by Gasteiger charge is 2.32. The Labute approximate surface area is 143 Å². The Hall–Kier alpha value is -1.52. The zero-order valence-electron chi connectivity index (χ0n) is 12.3. The average molecular weight is 381 g/mol. The molecule has 0 aromatic heterocycles. The topological polar surface area (TPSA) is 29.5 Å². The van der Waals surface area contributed by atoms with Crippen LogP contribution in [0.4, 0.5) is 5.69 Å². The van der Waals surface area contributed by atoms with Gasteiger partial charge in [0, 0.05) is 21.2 Å². The normalized spacial score (nSPS) is 16.5. The lowest BCUT2D eigenvalue weighted by molar-refractivity contribution is 0.0978. The second-order valence-corrected chi connectivity index (χ2v) is 6.70. The van der Waals surface area contributed by atoms with Gasteiger partial charge in [0.1, 0.15) is 5.75 Å². The largest absolute Gasteiger partial charge is 0.496 e. The minimum atomic E-state index is -0.0899. The van der Waals surface area contributed by atoms with Crippen molar-refractivity contribution in [1.29, 1.82) is 0 Å². The number of carbonyl (C=O) groups excluding carboxylic acids is 1. The maximum atomic E-state index is 13.0. The summed E-state index contributed by atoms with van der Waals surface area (Å²) in [4.78, 5) is 14.8. The van der Waals surface area contributed by atoms with Crippen LogP contribution in [-0.2, 0) is 6.42 Å². The van der Waals surface area contributed by atoms with E-state index in [2.05, 4.69) is 22.0 Å². The molecule has 0 saturated heterocycles. The summed E-state index contributed by atoms with van der Waals surface area (Å²) in [5.74, 6) is 0.445. The van der Waals surface area contributed by atoms with Crippen LogP contribution in [0, 0.1) is 0 Å². The number of benzene rings is 2. The number of rotatable bonds is 2. The summed E-state index contributed by atoms with van der Waals surface area (Å²) in [6.07, 6.45) is 0.837. The summed E-state index contributed by atoms with van der Waals surface area (Å²) in [5.41, 5.74) is 2.59. The van der Waals surface area contributed by atoms with Gasteiger partial charge < -0.3 is 9.64 Å². The van der Waals surface area contributed by atoms with Crippen molar-refractivity contribution in [3.8, 4) is 5.75 Å². The lowest BCUT2D eigenvalue weighted by atomic mass is 10.1. The first kappa shape index (κ1) is 15.4. The molecule has 1 heterocycles. The van der Waals surface area contributed by atoms with Gasteiger partial charge in [-0.15, -0.1) is 0 Å². The van der Waals surface area contributed by atoms with E-state index in [-0.39, 0.29) is 11.9 Å². The Morgan fingerprint density at radius 3 is 2.82 bits per heavy atom. The molecule has 1 aliphatic heterocycles. The maximum Gasteiger partial charge on any atom is 0.262 e. The third-order valence-electron chi connectivity index (χ3n) is 3.87. The first-order valence-corrected chi connectivity index (χ1v) is 8.14. The van der Waals surface area contributed by atoms with Crippen molar-refractivity contribution in [2.24, 2.45) is 0 Å². The Bertz CT molecular complexity index is 747. The highest BCUT2D eigenvalue weighted by Crippen LogP contribution is 2.36. The number of halogens is 2. The third kappa shape index (κ3) is 2.61. The fourth-order valence-electron chi connectivity index (χ4n) is 2.89. The number of ether oxygens (including phenoxy) is 1. The number of nitrogens with zero attached hydrogens (tertiary/aromatic N) is 1. The van der Waals surface area contributed by atoms with Gasteiger partial charge in [0.25, 0.3) is 5.91 Å². The molecule has 1 aliphatic rings. The van der Waals surface area contributed by atoms with Crippen LogP contribution in [0.5, 0.6) is 5.75 Å². The lowest BCUT2D eigenvalue weighted by Crippen LogP contribution is -2.35. The van der Waals surface area contributed by atoms with E-state index >= 15 is 0 Å². The molecular formula is C17H15BrClNO2. The zero-order valence-corrected chi connectivity index (χ0v) is 14.6. The van der Waals surface area contributed by atoms with E-state index < -0.39 is 0 Å². The molecule has 114 valence electrons. The van der Waals surface area contributed by atoms with E-state index in [9.17, 15) is 4.79 Å². The number of carbonyl (C=O) groups is 1. The van der Waals surface area contributed by atoms with Gasteiger partial charge in [-0.25, -0.2) is 0 Å². The van der Waals surface area contributed by atoms with Crippen molar-refractivity contribution in [3.63, 3.8) is 0 Å². The Morgan fingerprint density at radius 1 is 1.32 bits per heavy atom. The van der Waals surface area contributed by atoms with E-state index in [0.717, 1.165) is 22.1 Å². The summed E-state index contributed by atoms with van der Waals surface area (Å²) >= 11 is 9.53. The van der Waals surface area contributed by atoms with E-state index in [1.165, 1.54) is 0 Å². The van der Waals surface area contributed by atoms with Crippen molar-refractivity contribution in [1.82, 2.24) is 0 Å². The quantitative estimate of drug-likeness (QED) is 0.755. The summed E-state index contributed by atoms with van der Waals surface area (Å²) in [6.45, 7) is 2.04. The number of methoxy groups -OCH3 is 1. The Kier molecular flexibility index (Phi) is 4.15. The van der Waals surface area contributed by atoms with Crippen LogP contribution in [-0.4, -0.2) is 19.1 Å². The first-order chi connectivity index (χ1) is 10.5. The molecule has 0 bridgehead atoms. The van der Waals surface area contributed by atoms with E-state index in [4.69, 9.17) is 16.3 Å². The summed E-state index contributed by atoms with van der Waals surface area (Å²) in [7, 11) is 1.55. The SMILES string of the molecule is COc1ccc(Cl)cc1C(=O)N1c2ccc(Br)cc2C[C@@H]1C. The molecule has 0 fully saturated rings. The molecule has 0 saturated carbocycles. The number of fused-ring (bicyclic) bond motifs is 1. The molecule has 2 aromatic carbocycles. The molecule has 2 aromatic rings. The number of hydrogen-bond acceptors (Lipinski definition) is 2. The van der Waals surface area contributed by atoms with Crippen LogP contribution in [0.25, 0.3) is 0 Å². The first-order valence-electron chi connectivity index (χ1n) is 6.97. The van der Waals surface area contributed by atoms with Crippen LogP contribution >= 0.6 is 27.5 Å². The third-order valence-corrected chi connectivity index (χ3v) is 4.60. The highest BCUT2D eigenvalue weighted by molar-refractivity contribution is 9.10. The van der Waals surface area contributed by atoms with Crippen LogP contribution in [0.15, 0.2) is 40.9 Å². The molecule has 1 amide bonds. The average Bonchev–Trinajstić information content (AvgIpc) is 2.81. The molecule has 0 unspecified atom stereocenters. The molecule has 1 atom stereocenters. The zero-order chi connectivity index (χ0) is 15.9. The standard InChI is InChI=1S/C17H15BrClNO2/c1-10-7-11-8-12(18)3-5-15(11)20(10)17(21)14-9-13(19)4-6-16(14)22-2/h3-6,8-10H,7H2,1-2H3/t10-/m0/s1. The monoisotopic (exact) mass is 379 g/mol. The Balaban J connectivity index is 2.05. The number of amides is 1. The fraction of sp³-hybridized carbons (Fsp3) is 0.235. The highest BCUT2D eigenvalue weighted by atomic mass is 79.9. The van der Waals surface area contributed by atoms with Gasteiger partial charge in [0.05, 0.1) is 12.7 Å². The van der Waals surface area contributed by atoms with E-state index in [0.29, 0.717) is 16.3 Å². The van der Waals surface area contributed by atoms with Crippen molar-refractivity contribution in [2.75, 3.05) is 12.0 Å². The minimum absolute atomic E-state index is 0.0899. The summed E-state index contributed by atoms with van der Waals surface area (Å²) in [5, 5.41) is 0.520. The smallest absolute Gasteiger partial charge is 0.262 e. The molecule has 3 nitrogen and oxygen atoms in total. The molecular weight excluding hydrogens is 366 g/mol. The van der Waals surface area contributed by atoms with Crippen molar-refractivity contribution >= 4 is 39.1 Å². The lowest BCUT2D eigenvalue weighted by Gasteiger charge is -2.23. The van der Waals surface area contributed by atoms with Gasteiger partial charge in [-0.1, -0.05) is 27.5 Å². The van der Waals surface area contributed by atoms with Gasteiger partial charge >= 0.3 is 0 Å². The molecule has 3 rings (SSSR count). The van der Waals surface area contributed by atoms with Crippen molar-refractivity contribution < 1.29 is 9.53 Å². The molecule has 5 heteroatoms. The van der Waals surface area contributed by atoms with Crippen LogP contribution in [0.2, 0.25) is 5.02 Å². The van der Waals surface area contributed by atoms with Crippen LogP contribution < -0.4 is 9.64 Å². The molecule has 22 heavy (non-hydrogen) atoms. The van der Waals surface area contributed by atoms with Crippen LogP contribution in [0.3, 0.4) is 0 Å². The number of hydrogen-bond donors (Lipinski definition) is 0. The van der Waals surface area contributed by atoms with Gasteiger partial charge in [-0.2, -0.15) is 0 Å². The maximum absolute atomic E-state index is 13.0. The summed E-state index contributed by atoms with van der Waals surface area (Å²) in [6, 6.07) is 11.2. The van der Waals surface area contributed by atoms with E-state index in [1.54, 1.807) is 25.3 Å². The predicted octanol–water partition coefficient (Wildman–Crippen LogP) is 4.70. The molecule has 0 N–H and O–H groups in total. The van der Waals surface area contributed by atoms with Crippen molar-refractivity contribution in [2.45, 2.75) is 19.4 Å². The second-order valence-electron chi connectivity index (χ2n) is 5.35. The van der Waals surface area contributed by atoms with Gasteiger partial charge in [0.15, 0.2) is 0 Å². The van der Waals surface area contributed by atoms with Gasteiger partial charge in [0.2, 0.25) is 0 Å². The van der Waals surface area contributed by atoms with Crippen molar-refractivity contribution in [3.05, 3.63) is 57.0 Å². The summed E-state index contributed by atoms with van der Waals surface area (Å²) < 4.78 is 6.33. The second kappa shape index (κ2) is 5.94. The molecule has 0 aliphatic carbocycles.